The highest BCUT2D eigenvalue weighted by molar-refractivity contribution is 7.99. The van der Waals surface area contributed by atoms with Crippen LogP contribution in [0, 0.1) is 0 Å². The van der Waals surface area contributed by atoms with Gasteiger partial charge in [-0.3, -0.25) is 0 Å². The molecule has 2 aromatic rings. The van der Waals surface area contributed by atoms with Gasteiger partial charge in [0.15, 0.2) is 0 Å². The average molecular weight is 247 g/mol. The number of aliphatic carboxylic acids is 1. The fourth-order valence-corrected chi connectivity index (χ4v) is 2.43. The van der Waals surface area contributed by atoms with Crippen LogP contribution in [0.1, 0.15) is 6.92 Å². The van der Waals surface area contributed by atoms with E-state index in [2.05, 4.69) is 17.1 Å². The van der Waals surface area contributed by atoms with E-state index in [0.717, 1.165) is 16.1 Å². The van der Waals surface area contributed by atoms with Gasteiger partial charge in [-0.25, -0.2) is 4.79 Å². The highest BCUT2D eigenvalue weighted by Crippen LogP contribution is 2.24. The topological polar surface area (TPSA) is 53.1 Å². The fraction of sp³-hybridized carbons (Fsp3) is 0.154. The number of H-pyrrole nitrogens is 1. The van der Waals surface area contributed by atoms with Crippen LogP contribution in [0.4, 0.5) is 0 Å². The Morgan fingerprint density at radius 3 is 2.94 bits per heavy atom. The van der Waals surface area contributed by atoms with Crippen molar-refractivity contribution in [3.63, 3.8) is 0 Å². The number of fused-ring (bicyclic) bond motifs is 1. The second-order valence-corrected chi connectivity index (χ2v) is 4.86. The zero-order chi connectivity index (χ0) is 12.3. The summed E-state index contributed by atoms with van der Waals surface area (Å²) in [4.78, 5) is 13.8. The van der Waals surface area contributed by atoms with E-state index in [1.807, 2.05) is 25.1 Å². The lowest BCUT2D eigenvalue weighted by Crippen LogP contribution is -1.91. The number of hydrogen-bond donors (Lipinski definition) is 2. The highest BCUT2D eigenvalue weighted by Gasteiger charge is 2.01. The molecule has 4 heteroatoms. The summed E-state index contributed by atoms with van der Waals surface area (Å²) in [6.45, 7) is 1.82. The Labute approximate surface area is 104 Å². The lowest BCUT2D eigenvalue weighted by Gasteiger charge is -1.97. The van der Waals surface area contributed by atoms with Crippen LogP contribution in [0.5, 0.6) is 0 Å². The Bertz CT molecular complexity index is 539. The van der Waals surface area contributed by atoms with E-state index >= 15 is 0 Å². The molecule has 2 rings (SSSR count). The number of carbonyl (C=O) groups is 1. The summed E-state index contributed by atoms with van der Waals surface area (Å²) in [5.41, 5.74) is 1.95. The molecular weight excluding hydrogens is 234 g/mol. The van der Waals surface area contributed by atoms with Crippen molar-refractivity contribution in [1.82, 2.24) is 4.98 Å². The van der Waals surface area contributed by atoms with Crippen molar-refractivity contribution in [3.05, 3.63) is 42.0 Å². The number of benzene rings is 1. The molecule has 0 fully saturated rings. The molecule has 17 heavy (non-hydrogen) atoms. The van der Waals surface area contributed by atoms with Gasteiger partial charge in [0.1, 0.15) is 0 Å². The summed E-state index contributed by atoms with van der Waals surface area (Å²) in [6.07, 6.45) is 1.25. The van der Waals surface area contributed by atoms with Gasteiger partial charge in [-0.05, 0) is 19.1 Å². The lowest BCUT2D eigenvalue weighted by atomic mass is 10.3. The maximum absolute atomic E-state index is 10.5. The molecule has 0 unspecified atom stereocenters. The van der Waals surface area contributed by atoms with Gasteiger partial charge in [0, 0.05) is 22.7 Å². The molecule has 0 bridgehead atoms. The van der Waals surface area contributed by atoms with Crippen molar-refractivity contribution in [2.45, 2.75) is 11.9 Å². The predicted molar refractivity (Wildman–Crippen MR) is 70.4 cm³/mol. The molecular formula is C13H13NO2S. The minimum absolute atomic E-state index is 0.680. The van der Waals surface area contributed by atoms with Gasteiger partial charge in [-0.1, -0.05) is 23.8 Å². The van der Waals surface area contributed by atoms with Crippen molar-refractivity contribution >= 4 is 28.6 Å². The third-order valence-corrected chi connectivity index (χ3v) is 3.46. The number of carboxylic acid groups (broad SMARTS) is 1. The number of para-hydroxylation sites is 1. The van der Waals surface area contributed by atoms with Crippen LogP contribution in [-0.2, 0) is 4.79 Å². The van der Waals surface area contributed by atoms with E-state index < -0.39 is 5.97 Å². The summed E-state index contributed by atoms with van der Waals surface area (Å²) in [6, 6.07) is 10.1. The van der Waals surface area contributed by atoms with Gasteiger partial charge < -0.3 is 10.1 Å². The van der Waals surface area contributed by atoms with Crippen molar-refractivity contribution in [3.8, 4) is 0 Å². The number of nitrogens with one attached hydrogen (secondary N) is 1. The van der Waals surface area contributed by atoms with Crippen molar-refractivity contribution < 1.29 is 9.90 Å². The Hall–Kier alpha value is -1.68. The van der Waals surface area contributed by atoms with Crippen molar-refractivity contribution in [2.24, 2.45) is 0 Å². The van der Waals surface area contributed by atoms with E-state index in [4.69, 9.17) is 5.11 Å². The van der Waals surface area contributed by atoms with Crippen molar-refractivity contribution in [1.29, 1.82) is 0 Å². The predicted octanol–water partition coefficient (Wildman–Crippen LogP) is 3.29. The molecule has 0 saturated heterocycles. The Kier molecular flexibility index (Phi) is 3.54. The standard InChI is InChI=1S/C13H13NO2S/c1-9(6-13(15)16)8-17-12-7-10-4-2-3-5-11(10)14-12/h2-7,14H,8H2,1H3,(H,15,16). The molecule has 0 aliphatic heterocycles. The number of hydrogen-bond acceptors (Lipinski definition) is 2. The Morgan fingerprint density at radius 2 is 2.24 bits per heavy atom. The van der Waals surface area contributed by atoms with Gasteiger partial charge in [-0.15, -0.1) is 11.8 Å². The second-order valence-electron chi connectivity index (χ2n) is 3.84. The Morgan fingerprint density at radius 1 is 1.47 bits per heavy atom. The Balaban J connectivity index is 2.06. The van der Waals surface area contributed by atoms with Gasteiger partial charge in [-0.2, -0.15) is 0 Å². The normalized spacial score (nSPS) is 11.9. The molecule has 2 N–H and O–H groups in total. The molecule has 0 saturated carbocycles. The smallest absolute Gasteiger partial charge is 0.328 e. The summed E-state index contributed by atoms with van der Waals surface area (Å²) >= 11 is 1.61. The van der Waals surface area contributed by atoms with Crippen LogP contribution < -0.4 is 0 Å². The van der Waals surface area contributed by atoms with Gasteiger partial charge in [0.05, 0.1) is 5.03 Å². The number of rotatable bonds is 4. The first kappa shape index (κ1) is 11.8. The molecule has 1 aromatic carbocycles. The molecule has 0 spiro atoms. The summed E-state index contributed by atoms with van der Waals surface area (Å²) < 4.78 is 0. The quantitative estimate of drug-likeness (QED) is 0.644. The molecule has 0 aliphatic rings. The van der Waals surface area contributed by atoms with E-state index in [1.54, 1.807) is 11.8 Å². The fourth-order valence-electron chi connectivity index (χ4n) is 1.57. The number of carboxylic acids is 1. The molecule has 0 atom stereocenters. The third kappa shape index (κ3) is 3.14. The monoisotopic (exact) mass is 247 g/mol. The van der Waals surface area contributed by atoms with Crippen LogP contribution in [0.2, 0.25) is 0 Å². The zero-order valence-corrected chi connectivity index (χ0v) is 10.3. The highest BCUT2D eigenvalue weighted by atomic mass is 32.2. The van der Waals surface area contributed by atoms with Crippen LogP contribution >= 0.6 is 11.8 Å². The van der Waals surface area contributed by atoms with Crippen LogP contribution in [0.3, 0.4) is 0 Å². The first-order valence-electron chi connectivity index (χ1n) is 5.26. The largest absolute Gasteiger partial charge is 0.478 e. The SMILES string of the molecule is CC(=CC(=O)O)CSc1cc2ccccc2[nH]1. The van der Waals surface area contributed by atoms with Gasteiger partial charge in [0.2, 0.25) is 0 Å². The summed E-state index contributed by atoms with van der Waals surface area (Å²) in [5, 5.41) is 10.8. The molecule has 1 aromatic heterocycles. The molecule has 0 radical (unpaired) electrons. The van der Waals surface area contributed by atoms with E-state index in [-0.39, 0.29) is 0 Å². The first-order valence-corrected chi connectivity index (χ1v) is 6.24. The first-order chi connectivity index (χ1) is 8.15. The molecule has 3 nitrogen and oxygen atoms in total. The van der Waals surface area contributed by atoms with Gasteiger partial charge >= 0.3 is 5.97 Å². The second kappa shape index (κ2) is 5.10. The minimum Gasteiger partial charge on any atom is -0.478 e. The molecule has 1 heterocycles. The zero-order valence-electron chi connectivity index (χ0n) is 9.43. The van der Waals surface area contributed by atoms with E-state index in [0.29, 0.717) is 5.75 Å². The number of thioether (sulfide) groups is 1. The third-order valence-electron chi connectivity index (χ3n) is 2.33. The van der Waals surface area contributed by atoms with Crippen LogP contribution in [0.15, 0.2) is 47.0 Å². The molecule has 88 valence electrons. The lowest BCUT2D eigenvalue weighted by molar-refractivity contribution is -0.131. The van der Waals surface area contributed by atoms with Crippen LogP contribution in [-0.4, -0.2) is 21.8 Å². The number of aromatic nitrogens is 1. The summed E-state index contributed by atoms with van der Waals surface area (Å²) in [7, 11) is 0. The van der Waals surface area contributed by atoms with E-state index in [9.17, 15) is 4.79 Å². The maximum atomic E-state index is 10.5. The van der Waals surface area contributed by atoms with E-state index in [1.165, 1.54) is 11.5 Å². The molecule has 0 amide bonds. The average Bonchev–Trinajstić information content (AvgIpc) is 2.68. The van der Waals surface area contributed by atoms with Gasteiger partial charge in [0.25, 0.3) is 0 Å². The number of aromatic amines is 1. The summed E-state index contributed by atoms with van der Waals surface area (Å²) in [5.74, 6) is -0.209. The van der Waals surface area contributed by atoms with Crippen molar-refractivity contribution in [2.75, 3.05) is 5.75 Å². The molecule has 0 aliphatic carbocycles. The minimum atomic E-state index is -0.889. The van der Waals surface area contributed by atoms with Crippen LogP contribution in [0.25, 0.3) is 10.9 Å². The maximum Gasteiger partial charge on any atom is 0.328 e.